The van der Waals surface area contributed by atoms with E-state index < -0.39 is 32.6 Å². The summed E-state index contributed by atoms with van der Waals surface area (Å²) in [6.45, 7) is 0. The summed E-state index contributed by atoms with van der Waals surface area (Å²) in [6.07, 6.45) is 2.72. The highest BCUT2D eigenvalue weighted by Crippen LogP contribution is 2.39. The Morgan fingerprint density at radius 2 is 1.86 bits per heavy atom. The molecule has 0 unspecified atom stereocenters. The normalized spacial score (nSPS) is 11.5. The summed E-state index contributed by atoms with van der Waals surface area (Å²) in [5.41, 5.74) is 2.05. The van der Waals surface area contributed by atoms with Gasteiger partial charge in [-0.25, -0.2) is 22.8 Å². The van der Waals surface area contributed by atoms with Crippen molar-refractivity contribution in [3.8, 4) is 34.0 Å². The van der Waals surface area contributed by atoms with Crippen molar-refractivity contribution in [1.82, 2.24) is 15.0 Å². The number of ether oxygens (including phenoxy) is 1. The van der Waals surface area contributed by atoms with Gasteiger partial charge in [0.15, 0.2) is 11.6 Å². The van der Waals surface area contributed by atoms with Crippen molar-refractivity contribution in [2.75, 3.05) is 4.72 Å². The molecule has 0 saturated heterocycles. The van der Waals surface area contributed by atoms with Crippen LogP contribution in [-0.2, 0) is 10.0 Å². The lowest BCUT2D eigenvalue weighted by molar-refractivity contribution is 0.473. The second-order valence-corrected chi connectivity index (χ2v) is 10.1. The van der Waals surface area contributed by atoms with Gasteiger partial charge in [-0.2, -0.15) is 13.8 Å². The molecule has 0 radical (unpaired) electrons. The average Bonchev–Trinajstić information content (AvgIpc) is 3.56. The molecule has 0 aliphatic rings. The molecule has 188 valence electrons. The number of hydrogen-bond donors (Lipinski definition) is 1. The van der Waals surface area contributed by atoms with Crippen molar-refractivity contribution < 1.29 is 30.7 Å². The van der Waals surface area contributed by atoms with Crippen LogP contribution in [0.5, 0.6) is 11.5 Å². The lowest BCUT2D eigenvalue weighted by atomic mass is 10.1. The lowest BCUT2D eigenvalue weighted by Gasteiger charge is -2.14. The number of nitrogens with one attached hydrogen (secondary N) is 1. The third-order valence-corrected chi connectivity index (χ3v) is 7.16. The number of pyridine rings is 2. The van der Waals surface area contributed by atoms with Crippen molar-refractivity contribution in [3.63, 3.8) is 0 Å². The zero-order valence-electron chi connectivity index (χ0n) is 18.2. The van der Waals surface area contributed by atoms with Crippen molar-refractivity contribution in [2.24, 2.45) is 0 Å². The van der Waals surface area contributed by atoms with Crippen molar-refractivity contribution >= 4 is 38.8 Å². The number of thiazole rings is 1. The minimum absolute atomic E-state index is 0.0320. The molecule has 0 spiro atoms. The van der Waals surface area contributed by atoms with Crippen LogP contribution in [0.3, 0.4) is 0 Å². The average molecular weight is 565 g/mol. The first-order valence-corrected chi connectivity index (χ1v) is 13.0. The zero-order chi connectivity index (χ0) is 26.2. The molecule has 4 heterocycles. The summed E-state index contributed by atoms with van der Waals surface area (Å²) in [7, 11) is -4.33. The van der Waals surface area contributed by atoms with E-state index in [9.17, 15) is 21.6 Å². The Hall–Kier alpha value is -3.94. The summed E-state index contributed by atoms with van der Waals surface area (Å²) in [6, 6.07) is 8.25. The van der Waals surface area contributed by atoms with E-state index in [0.29, 0.717) is 5.56 Å². The maximum absolute atomic E-state index is 14.9. The van der Waals surface area contributed by atoms with Gasteiger partial charge in [0.1, 0.15) is 22.2 Å². The Kier molecular flexibility index (Phi) is 6.58. The van der Waals surface area contributed by atoms with E-state index in [4.69, 9.17) is 20.8 Å². The van der Waals surface area contributed by atoms with Crippen LogP contribution < -0.4 is 9.46 Å². The van der Waals surface area contributed by atoms with E-state index >= 15 is 0 Å². The Balaban J connectivity index is 1.52. The molecule has 0 saturated carbocycles. The van der Waals surface area contributed by atoms with Gasteiger partial charge in [0.25, 0.3) is 10.0 Å². The molecule has 0 bridgehead atoms. The SMILES string of the molecule is O=S(=O)(Nc1cscn1)c1cc(Cl)c(Oc2ccc(-c3ccc(F)nc3F)nc2-c2ccoc2)cc1F. The molecule has 0 amide bonds. The Morgan fingerprint density at radius 1 is 1.03 bits per heavy atom. The van der Waals surface area contributed by atoms with Gasteiger partial charge >= 0.3 is 0 Å². The highest BCUT2D eigenvalue weighted by molar-refractivity contribution is 7.92. The van der Waals surface area contributed by atoms with Crippen LogP contribution in [0, 0.1) is 17.7 Å². The molecular formula is C23H12ClF3N4O4S2. The number of rotatable bonds is 7. The second-order valence-electron chi connectivity index (χ2n) is 7.32. The Morgan fingerprint density at radius 3 is 2.57 bits per heavy atom. The van der Waals surface area contributed by atoms with Gasteiger partial charge in [0.2, 0.25) is 11.9 Å². The number of anilines is 1. The second kappa shape index (κ2) is 9.84. The fourth-order valence-electron chi connectivity index (χ4n) is 3.26. The summed E-state index contributed by atoms with van der Waals surface area (Å²) in [4.78, 5) is 10.7. The number of benzene rings is 1. The quantitative estimate of drug-likeness (QED) is 0.224. The molecule has 0 fully saturated rings. The number of nitrogens with zero attached hydrogens (tertiary/aromatic N) is 3. The summed E-state index contributed by atoms with van der Waals surface area (Å²) >= 11 is 7.41. The fourth-order valence-corrected chi connectivity index (χ4v) is 5.17. The minimum Gasteiger partial charge on any atom is -0.472 e. The maximum atomic E-state index is 14.9. The lowest BCUT2D eigenvalue weighted by Crippen LogP contribution is -2.15. The van der Waals surface area contributed by atoms with Crippen LogP contribution in [-0.4, -0.2) is 23.4 Å². The van der Waals surface area contributed by atoms with Crippen molar-refractivity contribution in [1.29, 1.82) is 0 Å². The number of aromatic nitrogens is 3. The van der Waals surface area contributed by atoms with E-state index in [0.717, 1.165) is 29.5 Å². The molecule has 0 aliphatic heterocycles. The molecule has 0 atom stereocenters. The van der Waals surface area contributed by atoms with Gasteiger partial charge in [-0.1, -0.05) is 11.6 Å². The molecule has 5 rings (SSSR count). The van der Waals surface area contributed by atoms with E-state index in [1.165, 1.54) is 41.6 Å². The van der Waals surface area contributed by atoms with Crippen molar-refractivity contribution in [2.45, 2.75) is 4.90 Å². The van der Waals surface area contributed by atoms with Crippen LogP contribution in [0.1, 0.15) is 0 Å². The van der Waals surface area contributed by atoms with Gasteiger partial charge in [0, 0.05) is 17.0 Å². The molecule has 0 aliphatic carbocycles. The standard InChI is InChI=1S/C23H12ClF3N4O4S2/c24-14-7-19(37(32,33)31-21-10-36-11-28-21)15(25)8-18(14)35-17-3-2-16(13-1-4-20(26)30-23(13)27)29-22(17)12-5-6-34-9-12/h1-11,31H. The summed E-state index contributed by atoms with van der Waals surface area (Å²) in [5.74, 6) is -3.29. The van der Waals surface area contributed by atoms with Gasteiger partial charge in [-0.3, -0.25) is 4.72 Å². The molecule has 37 heavy (non-hydrogen) atoms. The third-order valence-electron chi connectivity index (χ3n) is 4.91. The molecular weight excluding hydrogens is 553 g/mol. The summed E-state index contributed by atoms with van der Waals surface area (Å²) < 4.78 is 80.7. The molecule has 14 heteroatoms. The first kappa shape index (κ1) is 24.7. The van der Waals surface area contributed by atoms with Gasteiger partial charge < -0.3 is 9.15 Å². The first-order chi connectivity index (χ1) is 17.7. The van der Waals surface area contributed by atoms with Crippen LogP contribution in [0.2, 0.25) is 5.02 Å². The Bertz CT molecular complexity index is 1700. The number of furan rings is 1. The molecule has 8 nitrogen and oxygen atoms in total. The first-order valence-electron chi connectivity index (χ1n) is 10.2. The third kappa shape index (κ3) is 5.14. The van der Waals surface area contributed by atoms with E-state index in [1.54, 1.807) is 6.07 Å². The molecule has 4 aromatic heterocycles. The largest absolute Gasteiger partial charge is 0.472 e. The highest BCUT2D eigenvalue weighted by atomic mass is 35.5. The van der Waals surface area contributed by atoms with Crippen LogP contribution in [0.4, 0.5) is 19.0 Å². The summed E-state index contributed by atoms with van der Waals surface area (Å²) in [5, 5.41) is 1.23. The highest BCUT2D eigenvalue weighted by Gasteiger charge is 2.24. The van der Waals surface area contributed by atoms with Gasteiger partial charge in [0.05, 0.1) is 34.3 Å². The number of hydrogen-bond acceptors (Lipinski definition) is 8. The zero-order valence-corrected chi connectivity index (χ0v) is 20.5. The number of halogens is 4. The van der Waals surface area contributed by atoms with E-state index in [1.807, 2.05) is 0 Å². The van der Waals surface area contributed by atoms with Crippen LogP contribution in [0.25, 0.3) is 22.5 Å². The smallest absolute Gasteiger partial charge is 0.266 e. The Labute approximate surface area is 216 Å². The van der Waals surface area contributed by atoms with Crippen LogP contribution in [0.15, 0.2) is 75.2 Å². The molecule has 1 N–H and O–H groups in total. The topological polar surface area (TPSA) is 107 Å². The van der Waals surface area contributed by atoms with Crippen LogP contribution >= 0.6 is 22.9 Å². The predicted octanol–water partition coefficient (Wildman–Crippen LogP) is 6.52. The van der Waals surface area contributed by atoms with Gasteiger partial charge in [-0.05, 0) is 36.4 Å². The maximum Gasteiger partial charge on any atom is 0.266 e. The molecule has 1 aromatic carbocycles. The van der Waals surface area contributed by atoms with E-state index in [-0.39, 0.29) is 39.3 Å². The molecule has 5 aromatic rings. The number of sulfonamides is 1. The van der Waals surface area contributed by atoms with Gasteiger partial charge in [-0.15, -0.1) is 11.3 Å². The van der Waals surface area contributed by atoms with Crippen molar-refractivity contribution in [3.05, 3.63) is 88.6 Å². The monoisotopic (exact) mass is 564 g/mol. The fraction of sp³-hybridized carbons (Fsp3) is 0. The van der Waals surface area contributed by atoms with E-state index in [2.05, 4.69) is 19.7 Å². The minimum atomic E-state index is -4.33. The predicted molar refractivity (Wildman–Crippen MR) is 129 cm³/mol.